The predicted molar refractivity (Wildman–Crippen MR) is 110 cm³/mol. The van der Waals surface area contributed by atoms with Gasteiger partial charge in [-0.1, -0.05) is 21.1 Å². The van der Waals surface area contributed by atoms with Crippen molar-refractivity contribution in [2.24, 2.45) is 0 Å². The highest BCUT2D eigenvalue weighted by Gasteiger charge is 2.34. The van der Waals surface area contributed by atoms with E-state index < -0.39 is 17.5 Å². The van der Waals surface area contributed by atoms with Crippen LogP contribution in [0.4, 0.5) is 20.2 Å². The van der Waals surface area contributed by atoms with Crippen LogP contribution in [0.15, 0.2) is 40.9 Å². The van der Waals surface area contributed by atoms with Crippen molar-refractivity contribution in [1.29, 1.82) is 0 Å². The van der Waals surface area contributed by atoms with Crippen LogP contribution in [0.25, 0.3) is 5.69 Å². The van der Waals surface area contributed by atoms with E-state index in [1.165, 1.54) is 4.90 Å². The number of carbonyl (C=O) groups is 1. The minimum Gasteiger partial charge on any atom is -0.373 e. The lowest BCUT2D eigenvalue weighted by atomic mass is 10.2. The van der Waals surface area contributed by atoms with E-state index in [0.717, 1.165) is 35.1 Å². The van der Waals surface area contributed by atoms with Crippen molar-refractivity contribution in [3.8, 4) is 5.69 Å². The van der Waals surface area contributed by atoms with Gasteiger partial charge in [0.2, 0.25) is 0 Å². The number of anilines is 2. The summed E-state index contributed by atoms with van der Waals surface area (Å²) in [6, 6.07) is 9.68. The predicted octanol–water partition coefficient (Wildman–Crippen LogP) is 4.50. The molecular weight excluding hydrogens is 444 g/mol. The van der Waals surface area contributed by atoms with Crippen molar-refractivity contribution >= 4 is 33.2 Å². The minimum atomic E-state index is -0.758. The maximum absolute atomic E-state index is 14.2. The molecule has 6 nitrogen and oxygen atoms in total. The molecule has 1 amide bonds. The quantitative estimate of drug-likeness (QED) is 0.607. The summed E-state index contributed by atoms with van der Waals surface area (Å²) in [5.74, 6) is -1.89. The number of nitrogens with zero attached hydrogens (tertiary/aromatic N) is 4. The summed E-state index contributed by atoms with van der Waals surface area (Å²) < 4.78 is 31.0. The van der Waals surface area contributed by atoms with Gasteiger partial charge in [-0.25, -0.2) is 13.5 Å². The fraction of sp³-hybridized carbons (Fsp3) is 0.250. The normalized spacial score (nSPS) is 13.4. The lowest BCUT2D eigenvalue weighted by Crippen LogP contribution is -2.17. The summed E-state index contributed by atoms with van der Waals surface area (Å²) in [6.07, 6.45) is 1.87. The molecule has 3 aromatic rings. The zero-order valence-electron chi connectivity index (χ0n) is 15.8. The molecule has 1 aliphatic rings. The first-order chi connectivity index (χ1) is 13.8. The summed E-state index contributed by atoms with van der Waals surface area (Å²) in [4.78, 5) is 14.2. The third-order valence-corrected chi connectivity index (χ3v) is 5.21. The van der Waals surface area contributed by atoms with Gasteiger partial charge in [0.25, 0.3) is 5.91 Å². The Balaban J connectivity index is 1.65. The van der Waals surface area contributed by atoms with Crippen molar-refractivity contribution < 1.29 is 13.6 Å². The molecule has 29 heavy (non-hydrogen) atoms. The number of rotatable bonds is 5. The average Bonchev–Trinajstić information content (AvgIpc) is 3.39. The van der Waals surface area contributed by atoms with Crippen LogP contribution in [-0.2, 0) is 0 Å². The second-order valence-electron chi connectivity index (χ2n) is 7.12. The summed E-state index contributed by atoms with van der Waals surface area (Å²) in [5, 5.41) is 10.7. The van der Waals surface area contributed by atoms with E-state index in [1.54, 1.807) is 18.8 Å². The van der Waals surface area contributed by atoms with Gasteiger partial charge in [-0.05, 0) is 49.2 Å². The van der Waals surface area contributed by atoms with Crippen molar-refractivity contribution in [2.75, 3.05) is 24.3 Å². The monoisotopic (exact) mass is 461 g/mol. The van der Waals surface area contributed by atoms with E-state index in [0.29, 0.717) is 5.69 Å². The van der Waals surface area contributed by atoms with Crippen molar-refractivity contribution in [3.63, 3.8) is 0 Å². The van der Waals surface area contributed by atoms with Crippen LogP contribution in [0.2, 0.25) is 0 Å². The molecule has 150 valence electrons. The van der Waals surface area contributed by atoms with Gasteiger partial charge in [0.15, 0.2) is 17.3 Å². The standard InChI is InChI=1S/C20H18BrF2N5O/c1-27(2)19-15(22)9-13(10-16(19)23)24-20(29)17-18(11-3-4-11)28(26-25-17)14-7-5-12(21)6-8-14/h5-11H,3-4H2,1-2H3,(H,24,29). The summed E-state index contributed by atoms with van der Waals surface area (Å²) in [6.45, 7) is 0. The minimum absolute atomic E-state index is 0.0236. The Morgan fingerprint density at radius 2 is 1.79 bits per heavy atom. The third kappa shape index (κ3) is 3.87. The topological polar surface area (TPSA) is 63.1 Å². The molecule has 2 aromatic carbocycles. The van der Waals surface area contributed by atoms with E-state index in [9.17, 15) is 13.6 Å². The van der Waals surface area contributed by atoms with Gasteiger partial charge in [0.1, 0.15) is 5.69 Å². The number of aromatic nitrogens is 3. The molecule has 0 spiro atoms. The molecule has 9 heteroatoms. The summed E-state index contributed by atoms with van der Waals surface area (Å²) in [5.41, 5.74) is 1.51. The van der Waals surface area contributed by atoms with Gasteiger partial charge >= 0.3 is 0 Å². The molecule has 1 aliphatic carbocycles. The second kappa shape index (κ2) is 7.55. The molecular formula is C20H18BrF2N5O. The molecule has 0 atom stereocenters. The van der Waals surface area contributed by atoms with Crippen LogP contribution < -0.4 is 10.2 Å². The molecule has 0 bridgehead atoms. The Hall–Kier alpha value is -2.81. The van der Waals surface area contributed by atoms with Crippen LogP contribution in [0.1, 0.15) is 34.9 Å². The first-order valence-corrected chi connectivity index (χ1v) is 9.83. The number of carbonyl (C=O) groups excluding carboxylic acids is 1. The first kappa shape index (κ1) is 19.5. The zero-order chi connectivity index (χ0) is 20.7. The van der Waals surface area contributed by atoms with Crippen molar-refractivity contribution in [2.45, 2.75) is 18.8 Å². The van der Waals surface area contributed by atoms with Crippen LogP contribution in [0.5, 0.6) is 0 Å². The van der Waals surface area contributed by atoms with Crippen LogP contribution in [-0.4, -0.2) is 35.0 Å². The Morgan fingerprint density at radius 1 is 1.17 bits per heavy atom. The number of hydrogen-bond donors (Lipinski definition) is 1. The number of halogens is 3. The lowest BCUT2D eigenvalue weighted by molar-refractivity contribution is 0.102. The van der Waals surface area contributed by atoms with Gasteiger partial charge in [0, 0.05) is 30.2 Å². The molecule has 1 heterocycles. The van der Waals surface area contributed by atoms with Gasteiger partial charge in [-0.15, -0.1) is 5.10 Å². The summed E-state index contributed by atoms with van der Waals surface area (Å²) >= 11 is 3.40. The molecule has 0 unspecified atom stereocenters. The van der Waals surface area contributed by atoms with E-state index in [-0.39, 0.29) is 23.0 Å². The largest absolute Gasteiger partial charge is 0.373 e. The van der Waals surface area contributed by atoms with Gasteiger partial charge < -0.3 is 10.2 Å². The molecule has 0 radical (unpaired) electrons. The zero-order valence-corrected chi connectivity index (χ0v) is 17.4. The number of benzene rings is 2. The van der Waals surface area contributed by atoms with Crippen LogP contribution >= 0.6 is 15.9 Å². The Labute approximate surface area is 174 Å². The highest BCUT2D eigenvalue weighted by Crippen LogP contribution is 2.42. The third-order valence-electron chi connectivity index (χ3n) is 4.68. The Bertz CT molecular complexity index is 1050. The Morgan fingerprint density at radius 3 is 2.34 bits per heavy atom. The van der Waals surface area contributed by atoms with E-state index in [4.69, 9.17) is 0 Å². The first-order valence-electron chi connectivity index (χ1n) is 9.04. The molecule has 1 aromatic heterocycles. The van der Waals surface area contributed by atoms with E-state index >= 15 is 0 Å². The molecule has 1 fully saturated rings. The van der Waals surface area contributed by atoms with Gasteiger partial charge in [0.05, 0.1) is 11.4 Å². The van der Waals surface area contributed by atoms with Gasteiger partial charge in [-0.2, -0.15) is 0 Å². The fourth-order valence-corrected chi connectivity index (χ4v) is 3.47. The second-order valence-corrected chi connectivity index (χ2v) is 8.04. The number of amides is 1. The molecule has 0 saturated heterocycles. The van der Waals surface area contributed by atoms with E-state index in [1.807, 2.05) is 24.3 Å². The highest BCUT2D eigenvalue weighted by atomic mass is 79.9. The lowest BCUT2D eigenvalue weighted by Gasteiger charge is -2.15. The molecule has 1 N–H and O–H groups in total. The van der Waals surface area contributed by atoms with E-state index in [2.05, 4.69) is 31.6 Å². The smallest absolute Gasteiger partial charge is 0.278 e. The van der Waals surface area contributed by atoms with Crippen LogP contribution in [0, 0.1) is 11.6 Å². The van der Waals surface area contributed by atoms with Crippen LogP contribution in [0.3, 0.4) is 0 Å². The number of nitrogens with one attached hydrogen (secondary N) is 1. The maximum atomic E-state index is 14.2. The average molecular weight is 462 g/mol. The SMILES string of the molecule is CN(C)c1c(F)cc(NC(=O)c2nnn(-c3ccc(Br)cc3)c2C2CC2)cc1F. The Kier molecular flexibility index (Phi) is 5.08. The molecule has 0 aliphatic heterocycles. The molecule has 4 rings (SSSR count). The maximum Gasteiger partial charge on any atom is 0.278 e. The van der Waals surface area contributed by atoms with Crippen molar-refractivity contribution in [1.82, 2.24) is 15.0 Å². The molecule has 1 saturated carbocycles. The fourth-order valence-electron chi connectivity index (χ4n) is 3.20. The van der Waals surface area contributed by atoms with Gasteiger partial charge in [-0.3, -0.25) is 4.79 Å². The highest BCUT2D eigenvalue weighted by molar-refractivity contribution is 9.10. The number of hydrogen-bond acceptors (Lipinski definition) is 4. The van der Waals surface area contributed by atoms with Crippen molar-refractivity contribution in [3.05, 3.63) is 63.9 Å². The summed E-state index contributed by atoms with van der Waals surface area (Å²) in [7, 11) is 3.09.